The Morgan fingerprint density at radius 2 is 1.83 bits per heavy atom. The van der Waals surface area contributed by atoms with Crippen molar-refractivity contribution in [1.29, 1.82) is 0 Å². The summed E-state index contributed by atoms with van der Waals surface area (Å²) < 4.78 is 5.14. The molecule has 1 unspecified atom stereocenters. The molecule has 0 amide bonds. The first-order valence-corrected chi connectivity index (χ1v) is 5.90. The highest BCUT2D eigenvalue weighted by atomic mass is 16.5. The average molecular weight is 243 g/mol. The van der Waals surface area contributed by atoms with Crippen LogP contribution < -0.4 is 10.1 Å². The lowest BCUT2D eigenvalue weighted by Gasteiger charge is -2.14. The van der Waals surface area contributed by atoms with E-state index in [2.05, 4.69) is 27.4 Å². The molecule has 1 heterocycles. The zero-order chi connectivity index (χ0) is 12.8. The summed E-state index contributed by atoms with van der Waals surface area (Å²) in [5.41, 5.74) is 1.22. The van der Waals surface area contributed by atoms with Crippen molar-refractivity contribution >= 4 is 0 Å². The van der Waals surface area contributed by atoms with Crippen molar-refractivity contribution in [2.45, 2.75) is 12.5 Å². The van der Waals surface area contributed by atoms with E-state index in [9.17, 15) is 0 Å². The van der Waals surface area contributed by atoms with E-state index in [-0.39, 0.29) is 6.04 Å². The summed E-state index contributed by atoms with van der Waals surface area (Å²) in [6, 6.07) is 10.0. The monoisotopic (exact) mass is 243 g/mol. The Kier molecular flexibility index (Phi) is 4.25. The highest BCUT2D eigenvalue weighted by Gasteiger charge is 2.12. The van der Waals surface area contributed by atoms with Gasteiger partial charge in [0.2, 0.25) is 0 Å². The van der Waals surface area contributed by atoms with E-state index in [1.165, 1.54) is 5.56 Å². The third-order valence-corrected chi connectivity index (χ3v) is 2.84. The maximum absolute atomic E-state index is 5.14. The Hall–Kier alpha value is -1.94. The van der Waals surface area contributed by atoms with Gasteiger partial charge in [-0.15, -0.1) is 0 Å². The number of aromatic nitrogens is 2. The molecule has 18 heavy (non-hydrogen) atoms. The van der Waals surface area contributed by atoms with E-state index < -0.39 is 0 Å². The fourth-order valence-electron chi connectivity index (χ4n) is 1.81. The van der Waals surface area contributed by atoms with E-state index in [0.29, 0.717) is 0 Å². The van der Waals surface area contributed by atoms with Crippen molar-refractivity contribution in [3.63, 3.8) is 0 Å². The van der Waals surface area contributed by atoms with Crippen molar-refractivity contribution in [2.24, 2.45) is 0 Å². The Morgan fingerprint density at radius 3 is 2.39 bits per heavy atom. The van der Waals surface area contributed by atoms with Crippen molar-refractivity contribution in [2.75, 3.05) is 14.2 Å². The summed E-state index contributed by atoms with van der Waals surface area (Å²) in [6.45, 7) is 0. The molecule has 4 nitrogen and oxygen atoms in total. The highest BCUT2D eigenvalue weighted by molar-refractivity contribution is 5.28. The molecule has 0 aliphatic carbocycles. The minimum atomic E-state index is 0.125. The first-order chi connectivity index (χ1) is 8.83. The zero-order valence-electron chi connectivity index (χ0n) is 10.6. The maximum Gasteiger partial charge on any atom is 0.145 e. The van der Waals surface area contributed by atoms with Gasteiger partial charge in [0.15, 0.2) is 0 Å². The van der Waals surface area contributed by atoms with Crippen LogP contribution in [0, 0.1) is 0 Å². The number of benzene rings is 1. The quantitative estimate of drug-likeness (QED) is 0.872. The van der Waals surface area contributed by atoms with Crippen LogP contribution in [0.15, 0.2) is 42.7 Å². The molecule has 4 heteroatoms. The summed E-state index contributed by atoms with van der Waals surface area (Å²) in [6.07, 6.45) is 4.38. The molecule has 0 saturated carbocycles. The van der Waals surface area contributed by atoms with Crippen LogP contribution in [0.2, 0.25) is 0 Å². The second-order valence-electron chi connectivity index (χ2n) is 4.00. The molecule has 0 aliphatic heterocycles. The smallest absolute Gasteiger partial charge is 0.145 e. The summed E-state index contributed by atoms with van der Waals surface area (Å²) in [5.74, 6) is 1.69. The third kappa shape index (κ3) is 3.05. The summed E-state index contributed by atoms with van der Waals surface area (Å²) in [5, 5.41) is 3.24. The van der Waals surface area contributed by atoms with Crippen molar-refractivity contribution in [3.05, 3.63) is 54.1 Å². The van der Waals surface area contributed by atoms with Crippen LogP contribution in [-0.2, 0) is 6.42 Å². The molecule has 0 aliphatic rings. The van der Waals surface area contributed by atoms with E-state index in [0.717, 1.165) is 18.0 Å². The van der Waals surface area contributed by atoms with Gasteiger partial charge >= 0.3 is 0 Å². The third-order valence-electron chi connectivity index (χ3n) is 2.84. The van der Waals surface area contributed by atoms with Crippen molar-refractivity contribution in [1.82, 2.24) is 15.3 Å². The fraction of sp³-hybridized carbons (Fsp3) is 0.286. The first kappa shape index (κ1) is 12.5. The standard InChI is InChI=1S/C14H17N3O/c1-15-13(14-16-8-3-9-17-14)10-11-4-6-12(18-2)7-5-11/h3-9,13,15H,10H2,1-2H3. The number of hydrogen-bond acceptors (Lipinski definition) is 4. The number of hydrogen-bond donors (Lipinski definition) is 1. The SMILES string of the molecule is CNC(Cc1ccc(OC)cc1)c1ncccn1. The molecule has 0 saturated heterocycles. The first-order valence-electron chi connectivity index (χ1n) is 5.90. The lowest BCUT2D eigenvalue weighted by Crippen LogP contribution is -2.21. The van der Waals surface area contributed by atoms with Gasteiger partial charge in [0, 0.05) is 12.4 Å². The molecule has 2 rings (SSSR count). The Balaban J connectivity index is 2.10. The van der Waals surface area contributed by atoms with Crippen LogP contribution in [0.4, 0.5) is 0 Å². The predicted octanol–water partition coefficient (Wildman–Crippen LogP) is 1.99. The normalized spacial score (nSPS) is 12.1. The molecule has 0 bridgehead atoms. The Labute approximate surface area is 107 Å². The number of ether oxygens (including phenoxy) is 1. The van der Waals surface area contributed by atoms with Gasteiger partial charge in [-0.2, -0.15) is 0 Å². The molecule has 94 valence electrons. The second kappa shape index (κ2) is 6.12. The van der Waals surface area contributed by atoms with Crippen molar-refractivity contribution in [3.8, 4) is 5.75 Å². The van der Waals surface area contributed by atoms with Crippen LogP contribution in [-0.4, -0.2) is 24.1 Å². The van der Waals surface area contributed by atoms with Crippen molar-refractivity contribution < 1.29 is 4.74 Å². The van der Waals surface area contributed by atoms with Crippen LogP contribution in [0.25, 0.3) is 0 Å². The van der Waals surface area contributed by atoms with Gasteiger partial charge in [-0.3, -0.25) is 0 Å². The minimum absolute atomic E-state index is 0.125. The summed E-state index contributed by atoms with van der Waals surface area (Å²) >= 11 is 0. The van der Waals surface area contributed by atoms with Gasteiger partial charge in [0.1, 0.15) is 11.6 Å². The Morgan fingerprint density at radius 1 is 1.17 bits per heavy atom. The minimum Gasteiger partial charge on any atom is -0.497 e. The van der Waals surface area contributed by atoms with E-state index in [1.54, 1.807) is 19.5 Å². The molecule has 1 aromatic carbocycles. The lowest BCUT2D eigenvalue weighted by atomic mass is 10.1. The number of likely N-dealkylation sites (N-methyl/N-ethyl adjacent to an activating group) is 1. The van der Waals surface area contributed by atoms with Gasteiger partial charge in [-0.25, -0.2) is 9.97 Å². The highest BCUT2D eigenvalue weighted by Crippen LogP contribution is 2.17. The van der Waals surface area contributed by atoms with Crippen LogP contribution >= 0.6 is 0 Å². The molecule has 1 N–H and O–H groups in total. The van der Waals surface area contributed by atoms with Gasteiger partial charge in [0.25, 0.3) is 0 Å². The van der Waals surface area contributed by atoms with E-state index in [4.69, 9.17) is 4.74 Å². The van der Waals surface area contributed by atoms with Crippen LogP contribution in [0.1, 0.15) is 17.4 Å². The van der Waals surface area contributed by atoms with Gasteiger partial charge in [-0.05, 0) is 37.2 Å². The van der Waals surface area contributed by atoms with Crippen LogP contribution in [0.3, 0.4) is 0 Å². The average Bonchev–Trinajstić information content (AvgIpc) is 2.46. The molecule has 0 spiro atoms. The maximum atomic E-state index is 5.14. The largest absolute Gasteiger partial charge is 0.497 e. The van der Waals surface area contributed by atoms with E-state index >= 15 is 0 Å². The molecule has 1 aromatic heterocycles. The summed E-state index contributed by atoms with van der Waals surface area (Å²) in [4.78, 5) is 8.56. The van der Waals surface area contributed by atoms with Gasteiger partial charge in [0.05, 0.1) is 13.2 Å². The molecular formula is C14H17N3O. The lowest BCUT2D eigenvalue weighted by molar-refractivity contribution is 0.414. The predicted molar refractivity (Wildman–Crippen MR) is 70.5 cm³/mol. The fourth-order valence-corrected chi connectivity index (χ4v) is 1.81. The number of methoxy groups -OCH3 is 1. The number of nitrogens with one attached hydrogen (secondary N) is 1. The molecule has 1 atom stereocenters. The van der Waals surface area contributed by atoms with Gasteiger partial charge in [-0.1, -0.05) is 12.1 Å². The number of nitrogens with zero attached hydrogens (tertiary/aromatic N) is 2. The molecule has 2 aromatic rings. The second-order valence-corrected chi connectivity index (χ2v) is 4.00. The molecular weight excluding hydrogens is 226 g/mol. The van der Waals surface area contributed by atoms with Gasteiger partial charge < -0.3 is 10.1 Å². The molecule has 0 radical (unpaired) electrons. The van der Waals surface area contributed by atoms with Crippen LogP contribution in [0.5, 0.6) is 5.75 Å². The Bertz CT molecular complexity index is 470. The number of rotatable bonds is 5. The van der Waals surface area contributed by atoms with E-state index in [1.807, 2.05) is 25.2 Å². The molecule has 0 fully saturated rings. The zero-order valence-corrected chi connectivity index (χ0v) is 10.6. The topological polar surface area (TPSA) is 47.0 Å². The summed E-state index contributed by atoms with van der Waals surface area (Å²) in [7, 11) is 3.59.